The Kier molecular flexibility index (Phi) is 3.25. The van der Waals surface area contributed by atoms with E-state index < -0.39 is 0 Å². The van der Waals surface area contributed by atoms with Crippen molar-refractivity contribution < 1.29 is 9.90 Å². The van der Waals surface area contributed by atoms with Crippen molar-refractivity contribution in [2.75, 3.05) is 5.75 Å². The highest BCUT2D eigenvalue weighted by Crippen LogP contribution is 2.37. The maximum absolute atomic E-state index is 11.7. The number of aliphatic hydroxyl groups excluding tert-OH is 1. The molecule has 0 spiro atoms. The first-order chi connectivity index (χ1) is 8.72. The number of thioether (sulfide) groups is 1. The zero-order chi connectivity index (χ0) is 12.5. The monoisotopic (exact) mass is 268 g/mol. The molecule has 98 valence electrons. The summed E-state index contributed by atoms with van der Waals surface area (Å²) in [7, 11) is 0. The summed E-state index contributed by atoms with van der Waals surface area (Å²) >= 11 is 1.42. The second-order valence-electron chi connectivity index (χ2n) is 4.93. The SMILES string of the molecule is O=C(CSc1nncn1C1CC1)NC1CC(O)C1. The Hall–Kier alpha value is -1.08. The molecule has 18 heavy (non-hydrogen) atoms. The van der Waals surface area contributed by atoms with Gasteiger partial charge < -0.3 is 15.0 Å². The number of carbonyl (C=O) groups excluding carboxylic acids is 1. The molecule has 2 saturated carbocycles. The van der Waals surface area contributed by atoms with E-state index in [1.807, 2.05) is 4.57 Å². The first kappa shape index (κ1) is 12.0. The molecule has 3 rings (SSSR count). The van der Waals surface area contributed by atoms with Gasteiger partial charge in [0, 0.05) is 12.1 Å². The zero-order valence-electron chi connectivity index (χ0n) is 9.95. The van der Waals surface area contributed by atoms with Crippen LogP contribution in [-0.4, -0.2) is 43.7 Å². The van der Waals surface area contributed by atoms with Crippen molar-refractivity contribution in [3.05, 3.63) is 6.33 Å². The highest BCUT2D eigenvalue weighted by molar-refractivity contribution is 7.99. The molecule has 6 nitrogen and oxygen atoms in total. The number of rotatable bonds is 5. The van der Waals surface area contributed by atoms with E-state index in [0.29, 0.717) is 24.6 Å². The van der Waals surface area contributed by atoms with Crippen LogP contribution in [0.3, 0.4) is 0 Å². The molecule has 1 aromatic rings. The minimum Gasteiger partial charge on any atom is -0.393 e. The lowest BCUT2D eigenvalue weighted by molar-refractivity contribution is -0.120. The van der Waals surface area contributed by atoms with E-state index in [1.165, 1.54) is 24.6 Å². The Morgan fingerprint density at radius 1 is 1.56 bits per heavy atom. The van der Waals surface area contributed by atoms with E-state index in [1.54, 1.807) is 6.33 Å². The molecule has 0 aromatic carbocycles. The molecule has 1 aromatic heterocycles. The molecule has 2 fully saturated rings. The van der Waals surface area contributed by atoms with Crippen LogP contribution >= 0.6 is 11.8 Å². The maximum atomic E-state index is 11.7. The van der Waals surface area contributed by atoms with Gasteiger partial charge in [0.15, 0.2) is 5.16 Å². The summed E-state index contributed by atoms with van der Waals surface area (Å²) in [6.07, 6.45) is 5.21. The first-order valence-corrected chi connectivity index (χ1v) is 7.20. The quantitative estimate of drug-likeness (QED) is 0.753. The van der Waals surface area contributed by atoms with Crippen molar-refractivity contribution in [3.8, 4) is 0 Å². The third kappa shape index (κ3) is 2.67. The molecular formula is C11H16N4O2S. The molecule has 0 aliphatic heterocycles. The Labute approximate surface area is 109 Å². The lowest BCUT2D eigenvalue weighted by atomic mass is 9.89. The fraction of sp³-hybridized carbons (Fsp3) is 0.727. The van der Waals surface area contributed by atoms with Gasteiger partial charge in [-0.3, -0.25) is 4.79 Å². The van der Waals surface area contributed by atoms with Crippen molar-refractivity contribution in [3.63, 3.8) is 0 Å². The molecule has 0 unspecified atom stereocenters. The molecule has 2 aliphatic carbocycles. The van der Waals surface area contributed by atoms with Crippen LogP contribution in [0.1, 0.15) is 31.7 Å². The van der Waals surface area contributed by atoms with Crippen LogP contribution in [0.25, 0.3) is 0 Å². The van der Waals surface area contributed by atoms with Gasteiger partial charge in [-0.05, 0) is 25.7 Å². The van der Waals surface area contributed by atoms with E-state index in [0.717, 1.165) is 5.16 Å². The smallest absolute Gasteiger partial charge is 0.230 e. The van der Waals surface area contributed by atoms with Crippen molar-refractivity contribution in [2.24, 2.45) is 0 Å². The van der Waals surface area contributed by atoms with E-state index in [4.69, 9.17) is 5.11 Å². The molecule has 2 aliphatic rings. The van der Waals surface area contributed by atoms with Gasteiger partial charge in [-0.25, -0.2) is 0 Å². The lowest BCUT2D eigenvalue weighted by Gasteiger charge is -2.31. The highest BCUT2D eigenvalue weighted by atomic mass is 32.2. The highest BCUT2D eigenvalue weighted by Gasteiger charge is 2.29. The minimum absolute atomic E-state index is 0.00208. The van der Waals surface area contributed by atoms with Crippen LogP contribution in [0.15, 0.2) is 11.5 Å². The zero-order valence-corrected chi connectivity index (χ0v) is 10.8. The lowest BCUT2D eigenvalue weighted by Crippen LogP contribution is -2.47. The van der Waals surface area contributed by atoms with Crippen LogP contribution in [0.4, 0.5) is 0 Å². The topological polar surface area (TPSA) is 80.0 Å². The number of amides is 1. The van der Waals surface area contributed by atoms with E-state index in [9.17, 15) is 4.79 Å². The minimum atomic E-state index is -0.235. The molecular weight excluding hydrogens is 252 g/mol. The Balaban J connectivity index is 1.45. The van der Waals surface area contributed by atoms with Gasteiger partial charge in [-0.1, -0.05) is 11.8 Å². The van der Waals surface area contributed by atoms with Crippen molar-refractivity contribution in [1.82, 2.24) is 20.1 Å². The molecule has 1 heterocycles. The van der Waals surface area contributed by atoms with Gasteiger partial charge in [0.2, 0.25) is 5.91 Å². The van der Waals surface area contributed by atoms with Crippen LogP contribution in [-0.2, 0) is 4.79 Å². The van der Waals surface area contributed by atoms with Crippen LogP contribution in [0.5, 0.6) is 0 Å². The molecule has 7 heteroatoms. The van der Waals surface area contributed by atoms with Gasteiger partial charge in [-0.15, -0.1) is 10.2 Å². The normalized spacial score (nSPS) is 26.7. The van der Waals surface area contributed by atoms with Crippen LogP contribution < -0.4 is 5.32 Å². The molecule has 2 N–H and O–H groups in total. The fourth-order valence-electron chi connectivity index (χ4n) is 2.04. The predicted octanol–water partition coefficient (Wildman–Crippen LogP) is 0.345. The maximum Gasteiger partial charge on any atom is 0.230 e. The standard InChI is InChI=1S/C11H16N4O2S/c16-9-3-7(4-9)13-10(17)5-18-11-14-12-6-15(11)8-1-2-8/h6-9,16H,1-5H2,(H,13,17). The third-order valence-corrected chi connectivity index (χ3v) is 4.25. The number of aromatic nitrogens is 3. The Morgan fingerprint density at radius 2 is 2.33 bits per heavy atom. The number of hydrogen-bond acceptors (Lipinski definition) is 5. The number of hydrogen-bond donors (Lipinski definition) is 2. The van der Waals surface area contributed by atoms with Gasteiger partial charge in [-0.2, -0.15) is 0 Å². The van der Waals surface area contributed by atoms with Crippen LogP contribution in [0, 0.1) is 0 Å². The number of nitrogens with one attached hydrogen (secondary N) is 1. The fourth-order valence-corrected chi connectivity index (χ4v) is 2.84. The predicted molar refractivity (Wildman–Crippen MR) is 66.2 cm³/mol. The summed E-state index contributed by atoms with van der Waals surface area (Å²) < 4.78 is 2.05. The molecule has 0 atom stereocenters. The Bertz CT molecular complexity index is 440. The van der Waals surface area contributed by atoms with Gasteiger partial charge in [0.25, 0.3) is 0 Å². The second kappa shape index (κ2) is 4.89. The third-order valence-electron chi connectivity index (χ3n) is 3.29. The van der Waals surface area contributed by atoms with Gasteiger partial charge in [0.05, 0.1) is 11.9 Å². The summed E-state index contributed by atoms with van der Waals surface area (Å²) in [6.45, 7) is 0. The number of aliphatic hydroxyl groups is 1. The summed E-state index contributed by atoms with van der Waals surface area (Å²) in [5, 5.41) is 20.8. The summed E-state index contributed by atoms with van der Waals surface area (Å²) in [5.41, 5.74) is 0. The second-order valence-corrected chi connectivity index (χ2v) is 5.87. The van der Waals surface area contributed by atoms with Crippen molar-refractivity contribution >= 4 is 17.7 Å². The average Bonchev–Trinajstić information content (AvgIpc) is 3.04. The molecule has 0 saturated heterocycles. The van der Waals surface area contributed by atoms with E-state index in [2.05, 4.69) is 15.5 Å². The van der Waals surface area contributed by atoms with Crippen molar-refractivity contribution in [2.45, 2.75) is 49.0 Å². The summed E-state index contributed by atoms with van der Waals surface area (Å²) in [5.74, 6) is 0.361. The van der Waals surface area contributed by atoms with Crippen LogP contribution in [0.2, 0.25) is 0 Å². The average molecular weight is 268 g/mol. The molecule has 0 bridgehead atoms. The molecule has 1 amide bonds. The van der Waals surface area contributed by atoms with Gasteiger partial charge in [0.1, 0.15) is 6.33 Å². The Morgan fingerprint density at radius 3 is 3.00 bits per heavy atom. The first-order valence-electron chi connectivity index (χ1n) is 6.22. The van der Waals surface area contributed by atoms with Crippen molar-refractivity contribution in [1.29, 1.82) is 0 Å². The number of carbonyl (C=O) groups is 1. The van der Waals surface area contributed by atoms with E-state index in [-0.39, 0.29) is 18.1 Å². The molecule has 0 radical (unpaired) electrons. The van der Waals surface area contributed by atoms with Gasteiger partial charge >= 0.3 is 0 Å². The van der Waals surface area contributed by atoms with E-state index >= 15 is 0 Å². The summed E-state index contributed by atoms with van der Waals surface area (Å²) in [4.78, 5) is 11.7. The number of nitrogens with zero attached hydrogens (tertiary/aromatic N) is 3. The largest absolute Gasteiger partial charge is 0.393 e. The summed E-state index contributed by atoms with van der Waals surface area (Å²) in [6, 6.07) is 0.682.